The van der Waals surface area contributed by atoms with E-state index < -0.39 is 121 Å². The number of piperazine rings is 1. The fraction of sp³-hybridized carbons (Fsp3) is 0.813. The van der Waals surface area contributed by atoms with Crippen molar-refractivity contribution >= 4 is 82.7 Å². The van der Waals surface area contributed by atoms with Crippen molar-refractivity contribution in [1.82, 2.24) is 67.7 Å². The Morgan fingerprint density at radius 2 is 0.852 bits per heavy atom. The number of carbonyl (C=O) groups is 11. The molecule has 0 bridgehead atoms. The van der Waals surface area contributed by atoms with E-state index in [1.165, 1.54) is 20.8 Å². The van der Waals surface area contributed by atoms with Crippen molar-refractivity contribution in [3.63, 3.8) is 0 Å². The molecule has 654 valence electrons. The molecule has 0 radical (unpaired) electrons. The van der Waals surface area contributed by atoms with Crippen LogP contribution in [-0.2, 0) is 71.7 Å². The molecule has 14 unspecified atom stereocenters. The van der Waals surface area contributed by atoms with Crippen LogP contribution in [0.3, 0.4) is 0 Å². The van der Waals surface area contributed by atoms with Crippen molar-refractivity contribution in [1.29, 1.82) is 0 Å². The predicted molar refractivity (Wildman–Crippen MR) is 415 cm³/mol. The van der Waals surface area contributed by atoms with E-state index in [4.69, 9.17) is 33.9 Å². The number of ether oxygens (including phenoxy) is 4. The van der Waals surface area contributed by atoms with Gasteiger partial charge in [-0.3, -0.25) is 52.7 Å². The molecule has 2 saturated heterocycles. The van der Waals surface area contributed by atoms with E-state index in [1.807, 2.05) is 25.7 Å². The van der Waals surface area contributed by atoms with Gasteiger partial charge in [-0.25, -0.2) is 0 Å². The molecule has 4 aliphatic rings. The van der Waals surface area contributed by atoms with E-state index in [1.54, 1.807) is 9.80 Å². The van der Waals surface area contributed by atoms with Crippen molar-refractivity contribution in [2.45, 2.75) is 249 Å². The molecular weight excluding hydrogens is 1510 g/mol. The van der Waals surface area contributed by atoms with Crippen LogP contribution < -0.4 is 63.0 Å². The second-order valence-electron chi connectivity index (χ2n) is 30.7. The first-order valence-corrected chi connectivity index (χ1v) is 40.5. The van der Waals surface area contributed by atoms with Gasteiger partial charge in [-0.15, -0.1) is 0 Å². The van der Waals surface area contributed by atoms with Crippen molar-refractivity contribution < 1.29 is 118 Å². The monoisotopic (exact) mass is 1640 g/mol. The molecule has 4 fully saturated rings. The zero-order valence-corrected chi connectivity index (χ0v) is 67.6. The third-order valence-corrected chi connectivity index (χ3v) is 20.4. The zero-order valence-electron chi connectivity index (χ0n) is 67.6. The molecule has 3 heterocycles. The molecule has 40 heteroatoms. The van der Waals surface area contributed by atoms with E-state index >= 15 is 0 Å². The number of aliphatic hydroxyl groups is 9. The maximum absolute atomic E-state index is 13.6. The van der Waals surface area contributed by atoms with Crippen LogP contribution in [0.15, 0.2) is 0 Å². The van der Waals surface area contributed by atoms with E-state index in [2.05, 4.69) is 53.2 Å². The van der Waals surface area contributed by atoms with Crippen LogP contribution in [0.4, 0.5) is 17.8 Å². The van der Waals surface area contributed by atoms with E-state index in [-0.39, 0.29) is 221 Å². The van der Waals surface area contributed by atoms with Gasteiger partial charge in [0.15, 0.2) is 6.29 Å². The zero-order chi connectivity index (χ0) is 84.6. The SMILES string of the molecule is CC(=O)NC1C(OCCCCC(=O)NCCCNC(=O)CCN(CCC(=O)NCCCNC(=O)CCCCOC2OC(CO)C(O)C(O)C2NC(C)=O)c2nc(NCCC(=O)NCCCNC(=O)CCCCOC3C[C@H](CO)C(O)C(O)C3NC(C)=O)nc(N3CCN(C(=O)CCCC(=O)C(C)(C)C)CC3)n2)CC(CO)C(O)C1O. The van der Waals surface area contributed by atoms with Crippen LogP contribution >= 0.6 is 0 Å². The number of nitrogens with zero attached hydrogens (tertiary/aromatic N) is 6. The van der Waals surface area contributed by atoms with Crippen LogP contribution in [0.1, 0.15) is 170 Å². The molecule has 19 N–H and O–H groups in total. The van der Waals surface area contributed by atoms with Gasteiger partial charge in [-0.1, -0.05) is 20.8 Å². The summed E-state index contributed by atoms with van der Waals surface area (Å²) in [5.74, 6) is -4.05. The van der Waals surface area contributed by atoms with Gasteiger partial charge >= 0.3 is 0 Å². The molecule has 1 aromatic heterocycles. The number of Topliss-reactive ketones (excluding diaryl/α,β-unsaturated/α-hetero) is 1. The number of aliphatic hydroxyl groups excluding tert-OH is 9. The lowest BCUT2D eigenvalue weighted by Crippen LogP contribution is -2.64. The highest BCUT2D eigenvalue weighted by atomic mass is 16.7. The summed E-state index contributed by atoms with van der Waals surface area (Å²) in [6, 6.07) is -2.85. The minimum absolute atomic E-state index is 0.00357. The maximum Gasteiger partial charge on any atom is 0.232 e. The normalized spacial score (nSPS) is 24.2. The number of rotatable bonds is 52. The molecule has 1 aromatic rings. The Labute approximate surface area is 672 Å². The molecule has 15 atom stereocenters. The van der Waals surface area contributed by atoms with Gasteiger partial charge in [-0.2, -0.15) is 15.0 Å². The highest BCUT2D eigenvalue weighted by molar-refractivity contribution is 5.85. The largest absolute Gasteiger partial charge is 0.396 e. The number of hydrogen-bond donors (Lipinski definition) is 19. The Bertz CT molecular complexity index is 3090. The lowest BCUT2D eigenvalue weighted by molar-refractivity contribution is -0.270. The van der Waals surface area contributed by atoms with E-state index in [9.17, 15) is 98.7 Å². The molecule has 2 aliphatic carbocycles. The van der Waals surface area contributed by atoms with Gasteiger partial charge in [0.1, 0.15) is 42.3 Å². The lowest BCUT2D eigenvalue weighted by Gasteiger charge is -2.42. The predicted octanol–water partition coefficient (Wildman–Crippen LogP) is -4.72. The molecule has 0 aromatic carbocycles. The van der Waals surface area contributed by atoms with Gasteiger partial charge < -0.3 is 133 Å². The Balaban J connectivity index is 1.17. The molecule has 2 saturated carbocycles. The second-order valence-corrected chi connectivity index (χ2v) is 30.7. The number of nitrogens with one attached hydrogen (secondary N) is 10. The Hall–Kier alpha value is -7.74. The summed E-state index contributed by atoms with van der Waals surface area (Å²) in [5, 5.41) is 120. The van der Waals surface area contributed by atoms with Gasteiger partial charge in [0, 0.05) is 208 Å². The summed E-state index contributed by atoms with van der Waals surface area (Å²) in [5.41, 5.74) is -0.529. The topological polar surface area (TPSA) is 575 Å². The summed E-state index contributed by atoms with van der Waals surface area (Å²) in [6.45, 7) is 11.1. The summed E-state index contributed by atoms with van der Waals surface area (Å²) in [7, 11) is 0. The molecule has 10 amide bonds. The maximum atomic E-state index is 13.6. The number of amides is 10. The van der Waals surface area contributed by atoms with Gasteiger partial charge in [0.25, 0.3) is 0 Å². The molecular formula is C75H130N16O24. The average molecular weight is 1640 g/mol. The molecule has 115 heavy (non-hydrogen) atoms. The van der Waals surface area contributed by atoms with Crippen LogP contribution in [0.25, 0.3) is 0 Å². The van der Waals surface area contributed by atoms with Crippen molar-refractivity contribution in [3.8, 4) is 0 Å². The van der Waals surface area contributed by atoms with E-state index in [0.717, 1.165) is 0 Å². The van der Waals surface area contributed by atoms with Crippen LogP contribution in [-0.4, -0.2) is 335 Å². The molecule has 40 nitrogen and oxygen atoms in total. The number of unbranched alkanes of at least 4 members (excludes halogenated alkanes) is 3. The number of ketones is 1. The van der Waals surface area contributed by atoms with Gasteiger partial charge in [-0.05, 0) is 77.0 Å². The van der Waals surface area contributed by atoms with Crippen molar-refractivity contribution in [2.75, 3.05) is 140 Å². The Kier molecular flexibility index (Phi) is 44.4. The standard InChI is InChI=1S/C75H130N16O24/c1-46(95)83-62-51(41-49(43-92)65(106)68(62)109)112-38-10-7-18-55(99)76-25-14-28-79-58(102)22-31-82-72-86-73(88-74(87-72)91-36-34-89(35-37-91)61(105)21-13-17-54(98)75(4,5)6)90(32-23-59(103)80-29-15-26-77-56(100)19-8-11-39-113-52-42-50(44-93)66(107)69(110)63(52)84-47(2)96)33-24-60(104)81-30-16-27-78-57(101)20-9-12-40-114-71-64(85-48(3)97)70(111)67(108)53(45-94)115-71/h49-53,62-71,92-94,106-111H,7-45H2,1-6H3,(H,76,99)(H,77,100)(H,78,101)(H,79,102)(H,80,103)(H,81,104)(H,83,95)(H,84,96)(H,85,97)(H,82,86,87,88)/t49-,50?,51?,52?,53?,62?,63?,64?,65?,66?,67?,68?,69?,70?,71?/m1/s1. The first kappa shape index (κ1) is 97.8. The van der Waals surface area contributed by atoms with Gasteiger partial charge in [0.2, 0.25) is 76.9 Å². The smallest absolute Gasteiger partial charge is 0.232 e. The minimum atomic E-state index is -1.47. The summed E-state index contributed by atoms with van der Waals surface area (Å²) in [6.07, 6.45) is -6.39. The summed E-state index contributed by atoms with van der Waals surface area (Å²) in [4.78, 5) is 160. The fourth-order valence-corrected chi connectivity index (χ4v) is 13.6. The van der Waals surface area contributed by atoms with Crippen molar-refractivity contribution in [2.24, 2.45) is 17.3 Å². The number of hydrogen-bond acceptors (Lipinski definition) is 30. The molecule has 2 aliphatic heterocycles. The second kappa shape index (κ2) is 52.1. The quantitative estimate of drug-likeness (QED) is 0.0273. The molecule has 5 rings (SSSR count). The average Bonchev–Trinajstić information content (AvgIpc) is 0.795. The van der Waals surface area contributed by atoms with Crippen molar-refractivity contribution in [3.05, 3.63) is 0 Å². The summed E-state index contributed by atoms with van der Waals surface area (Å²) < 4.78 is 23.2. The first-order chi connectivity index (χ1) is 54.8. The fourth-order valence-electron chi connectivity index (χ4n) is 13.6. The third kappa shape index (κ3) is 35.5. The number of anilines is 3. The van der Waals surface area contributed by atoms with Crippen LogP contribution in [0, 0.1) is 17.3 Å². The van der Waals surface area contributed by atoms with Gasteiger partial charge in [0.05, 0.1) is 43.1 Å². The Morgan fingerprint density at radius 1 is 0.443 bits per heavy atom. The first-order valence-electron chi connectivity index (χ1n) is 40.5. The number of carbonyl (C=O) groups excluding carboxylic acids is 11. The highest BCUT2D eigenvalue weighted by Gasteiger charge is 2.47. The lowest BCUT2D eigenvalue weighted by atomic mass is 9.79. The third-order valence-electron chi connectivity index (χ3n) is 20.4. The highest BCUT2D eigenvalue weighted by Crippen LogP contribution is 2.31. The van der Waals surface area contributed by atoms with Crippen LogP contribution in [0.2, 0.25) is 0 Å². The summed E-state index contributed by atoms with van der Waals surface area (Å²) >= 11 is 0. The molecule has 0 spiro atoms. The minimum Gasteiger partial charge on any atom is -0.396 e. The Morgan fingerprint density at radius 3 is 1.27 bits per heavy atom. The van der Waals surface area contributed by atoms with E-state index in [0.29, 0.717) is 90.4 Å². The van der Waals surface area contributed by atoms with Crippen LogP contribution in [0.5, 0.6) is 0 Å². The number of aromatic nitrogens is 3.